The Hall–Kier alpha value is -3.23. The van der Waals surface area contributed by atoms with Crippen LogP contribution < -0.4 is 4.18 Å². The van der Waals surface area contributed by atoms with Gasteiger partial charge in [-0.05, 0) is 17.7 Å². The van der Waals surface area contributed by atoms with Crippen LogP contribution in [0.3, 0.4) is 0 Å². The highest BCUT2D eigenvalue weighted by Gasteiger charge is 2.22. The Morgan fingerprint density at radius 1 is 1.09 bits per heavy atom. The first-order valence-electron chi connectivity index (χ1n) is 6.01. The van der Waals surface area contributed by atoms with Crippen molar-refractivity contribution in [2.75, 3.05) is 0 Å². The number of benzene rings is 2. The molecule has 0 saturated carbocycles. The molecule has 0 aliphatic rings. The van der Waals surface area contributed by atoms with Crippen LogP contribution in [0.15, 0.2) is 47.0 Å². The van der Waals surface area contributed by atoms with Crippen molar-refractivity contribution in [3.8, 4) is 17.2 Å². The SMILES string of the molecule is [N-]=[N+]=NS(=O)(=O)Oc1ccc(C(=O)c2ccccc2)c(O)c1O. The largest absolute Gasteiger partial charge is 0.504 e. The standard InChI is InChI=1S/C13H9N3O6S/c14-15-16-23(20,21)22-10-7-6-9(12(18)13(10)19)11(17)8-4-2-1-3-5-8/h1-7,18-19H. The monoisotopic (exact) mass is 335 g/mol. The second-order valence-corrected chi connectivity index (χ2v) is 5.37. The van der Waals surface area contributed by atoms with Crippen molar-refractivity contribution < 1.29 is 27.6 Å². The highest BCUT2D eigenvalue weighted by molar-refractivity contribution is 7.85. The molecule has 118 valence electrons. The minimum absolute atomic E-state index is 0.248. The van der Waals surface area contributed by atoms with E-state index in [4.69, 9.17) is 5.53 Å². The van der Waals surface area contributed by atoms with Crippen LogP contribution in [0.5, 0.6) is 17.2 Å². The Bertz CT molecular complexity index is 905. The molecule has 2 N–H and O–H groups in total. The fraction of sp³-hybridized carbons (Fsp3) is 0. The zero-order valence-corrected chi connectivity index (χ0v) is 12.1. The Kier molecular flexibility index (Phi) is 4.39. The van der Waals surface area contributed by atoms with Crippen molar-refractivity contribution in [3.05, 3.63) is 64.0 Å². The minimum atomic E-state index is -4.66. The number of carbonyl (C=O) groups excluding carboxylic acids is 1. The van der Waals surface area contributed by atoms with Crippen LogP contribution in [0.4, 0.5) is 0 Å². The van der Waals surface area contributed by atoms with E-state index >= 15 is 0 Å². The molecule has 0 fully saturated rings. The first-order valence-corrected chi connectivity index (χ1v) is 7.37. The summed E-state index contributed by atoms with van der Waals surface area (Å²) in [5.41, 5.74) is 8.10. The van der Waals surface area contributed by atoms with Crippen molar-refractivity contribution in [1.29, 1.82) is 0 Å². The normalized spacial score (nSPS) is 10.6. The summed E-state index contributed by atoms with van der Waals surface area (Å²) in [6.45, 7) is 0. The summed E-state index contributed by atoms with van der Waals surface area (Å²) in [5, 5.41) is 19.7. The molecule has 0 heterocycles. The molecular weight excluding hydrogens is 326 g/mol. The van der Waals surface area contributed by atoms with Crippen molar-refractivity contribution in [2.45, 2.75) is 0 Å². The number of phenolic OH excluding ortho intramolecular Hbond substituents is 2. The Morgan fingerprint density at radius 3 is 2.35 bits per heavy atom. The van der Waals surface area contributed by atoms with Gasteiger partial charge in [0.1, 0.15) is 0 Å². The maximum Gasteiger partial charge on any atom is 0.403 e. The molecule has 9 nitrogen and oxygen atoms in total. The number of phenols is 2. The molecule has 0 spiro atoms. The maximum atomic E-state index is 12.2. The summed E-state index contributed by atoms with van der Waals surface area (Å²) in [7, 11) is -4.66. The Labute approximate surface area is 130 Å². The number of hydrogen-bond acceptors (Lipinski definition) is 6. The zero-order valence-electron chi connectivity index (χ0n) is 11.3. The van der Waals surface area contributed by atoms with Crippen molar-refractivity contribution in [2.24, 2.45) is 4.52 Å². The fourth-order valence-electron chi connectivity index (χ4n) is 1.73. The van der Waals surface area contributed by atoms with Crippen molar-refractivity contribution >= 4 is 16.1 Å². The Balaban J connectivity index is 2.42. The molecule has 0 amide bonds. The van der Waals surface area contributed by atoms with Crippen LogP contribution in [-0.4, -0.2) is 24.4 Å². The lowest BCUT2D eigenvalue weighted by atomic mass is 10.0. The predicted octanol–water partition coefficient (Wildman–Crippen LogP) is 2.26. The van der Waals surface area contributed by atoms with Crippen LogP contribution in [0.25, 0.3) is 10.4 Å². The summed E-state index contributed by atoms with van der Waals surface area (Å²) in [4.78, 5) is 14.3. The van der Waals surface area contributed by atoms with Gasteiger partial charge in [-0.1, -0.05) is 30.3 Å². The van der Waals surface area contributed by atoms with E-state index in [2.05, 4.69) is 13.6 Å². The van der Waals surface area contributed by atoms with Gasteiger partial charge in [0.25, 0.3) is 0 Å². The molecular formula is C13H9N3O6S. The molecule has 0 aliphatic heterocycles. The first-order chi connectivity index (χ1) is 10.9. The van der Waals surface area contributed by atoms with Gasteiger partial charge in [-0.3, -0.25) is 4.79 Å². The minimum Gasteiger partial charge on any atom is -0.504 e. The fourth-order valence-corrected chi connectivity index (χ4v) is 2.22. The summed E-state index contributed by atoms with van der Waals surface area (Å²) >= 11 is 0. The number of azide groups is 1. The smallest absolute Gasteiger partial charge is 0.403 e. The number of hydrogen-bond donors (Lipinski definition) is 2. The summed E-state index contributed by atoms with van der Waals surface area (Å²) < 4.78 is 29.1. The van der Waals surface area contributed by atoms with E-state index in [-0.39, 0.29) is 11.1 Å². The van der Waals surface area contributed by atoms with Gasteiger partial charge in [-0.2, -0.15) is 8.42 Å². The van der Waals surface area contributed by atoms with Crippen LogP contribution in [0.2, 0.25) is 0 Å². The van der Waals surface area contributed by atoms with Gasteiger partial charge in [0, 0.05) is 10.5 Å². The van der Waals surface area contributed by atoms with Crippen molar-refractivity contribution in [1.82, 2.24) is 0 Å². The molecule has 2 aromatic carbocycles. The van der Waals surface area contributed by atoms with E-state index in [1.807, 2.05) is 0 Å². The molecule has 0 unspecified atom stereocenters. The van der Waals surface area contributed by atoms with Crippen LogP contribution in [0.1, 0.15) is 15.9 Å². The van der Waals surface area contributed by atoms with Crippen molar-refractivity contribution in [3.63, 3.8) is 0 Å². The summed E-state index contributed by atoms with van der Waals surface area (Å²) in [6.07, 6.45) is 0. The van der Waals surface area contributed by atoms with Gasteiger partial charge in [0.2, 0.25) is 5.75 Å². The topological polar surface area (TPSA) is 150 Å². The number of rotatable bonds is 5. The number of nitrogens with zero attached hydrogens (tertiary/aromatic N) is 3. The van der Waals surface area contributed by atoms with Gasteiger partial charge < -0.3 is 14.4 Å². The number of carbonyl (C=O) groups is 1. The average Bonchev–Trinajstić information content (AvgIpc) is 2.52. The van der Waals surface area contributed by atoms with E-state index in [1.54, 1.807) is 18.2 Å². The van der Waals surface area contributed by atoms with E-state index in [1.165, 1.54) is 12.1 Å². The maximum absolute atomic E-state index is 12.2. The molecule has 0 atom stereocenters. The second-order valence-electron chi connectivity index (χ2n) is 4.19. The lowest BCUT2D eigenvalue weighted by molar-refractivity contribution is 0.103. The Morgan fingerprint density at radius 2 is 1.74 bits per heavy atom. The number of aromatic hydroxyl groups is 2. The third kappa shape index (κ3) is 3.51. The van der Waals surface area contributed by atoms with Gasteiger partial charge in [-0.15, -0.1) is 0 Å². The lowest BCUT2D eigenvalue weighted by Gasteiger charge is -2.09. The third-order valence-electron chi connectivity index (χ3n) is 2.73. The summed E-state index contributed by atoms with van der Waals surface area (Å²) in [5.74, 6) is -3.08. The number of ketones is 1. The second kappa shape index (κ2) is 6.26. The van der Waals surface area contributed by atoms with E-state index in [0.717, 1.165) is 12.1 Å². The molecule has 0 aliphatic carbocycles. The zero-order chi connectivity index (χ0) is 17.0. The molecule has 0 aromatic heterocycles. The van der Waals surface area contributed by atoms with Gasteiger partial charge >= 0.3 is 10.3 Å². The molecule has 0 saturated heterocycles. The first kappa shape index (κ1) is 16.1. The predicted molar refractivity (Wildman–Crippen MR) is 78.3 cm³/mol. The highest BCUT2D eigenvalue weighted by Crippen LogP contribution is 2.39. The molecule has 2 rings (SSSR count). The van der Waals surface area contributed by atoms with Gasteiger partial charge in [0.15, 0.2) is 17.3 Å². The molecule has 0 bridgehead atoms. The molecule has 23 heavy (non-hydrogen) atoms. The molecule has 2 aromatic rings. The average molecular weight is 335 g/mol. The van der Waals surface area contributed by atoms with Gasteiger partial charge in [0.05, 0.1) is 10.1 Å². The molecule has 10 heteroatoms. The highest BCUT2D eigenvalue weighted by atomic mass is 32.2. The molecule has 0 radical (unpaired) electrons. The van der Waals surface area contributed by atoms with Crippen LogP contribution in [-0.2, 0) is 10.3 Å². The summed E-state index contributed by atoms with van der Waals surface area (Å²) in [6, 6.07) is 9.99. The quantitative estimate of drug-likeness (QED) is 0.281. The third-order valence-corrected chi connectivity index (χ3v) is 3.39. The van der Waals surface area contributed by atoms with Crippen LogP contribution in [0, 0.1) is 0 Å². The van der Waals surface area contributed by atoms with E-state index in [9.17, 15) is 23.4 Å². The van der Waals surface area contributed by atoms with Gasteiger partial charge in [-0.25, -0.2) is 0 Å². The lowest BCUT2D eigenvalue weighted by Crippen LogP contribution is -2.06. The van der Waals surface area contributed by atoms with Crippen LogP contribution >= 0.6 is 0 Å². The van der Waals surface area contributed by atoms with E-state index < -0.39 is 33.3 Å². The van der Waals surface area contributed by atoms with E-state index in [0.29, 0.717) is 0 Å².